The first-order valence-corrected chi connectivity index (χ1v) is 8.76. The smallest absolute Gasteiger partial charge is 0.241 e. The van der Waals surface area contributed by atoms with Gasteiger partial charge in [-0.15, -0.1) is 0 Å². The molecule has 130 valence electrons. The van der Waals surface area contributed by atoms with E-state index in [2.05, 4.69) is 4.90 Å². The predicted molar refractivity (Wildman–Crippen MR) is 91.4 cm³/mol. The van der Waals surface area contributed by atoms with Gasteiger partial charge < -0.3 is 14.4 Å². The van der Waals surface area contributed by atoms with Gasteiger partial charge in [0.25, 0.3) is 0 Å². The first-order chi connectivity index (χ1) is 12.1. The molecule has 0 saturated carbocycles. The molecule has 1 aromatic carbocycles. The third-order valence-corrected chi connectivity index (χ3v) is 5.81. The molecule has 0 spiro atoms. The summed E-state index contributed by atoms with van der Waals surface area (Å²) in [5, 5.41) is 0. The van der Waals surface area contributed by atoms with E-state index in [4.69, 9.17) is 9.47 Å². The zero-order valence-electron chi connectivity index (χ0n) is 14.1. The number of carbonyl (C=O) groups is 2. The Morgan fingerprint density at radius 1 is 1.04 bits per heavy atom. The lowest BCUT2D eigenvalue weighted by Gasteiger charge is -2.29. The maximum atomic E-state index is 12.9. The summed E-state index contributed by atoms with van der Waals surface area (Å²) in [6.07, 6.45) is 3.57. The molecule has 4 atom stereocenters. The highest BCUT2D eigenvalue weighted by Gasteiger charge is 2.66. The molecule has 5 rings (SSSR count). The Balaban J connectivity index is 1.42. The Morgan fingerprint density at radius 3 is 2.40 bits per heavy atom. The van der Waals surface area contributed by atoms with Crippen molar-refractivity contribution in [3.05, 3.63) is 36.4 Å². The number of morpholine rings is 1. The lowest BCUT2D eigenvalue weighted by atomic mass is 9.78. The van der Waals surface area contributed by atoms with Crippen molar-refractivity contribution >= 4 is 23.2 Å². The SMILES string of the molecule is CC12C=CC(O1)C1C(=O)N(c3ccc(N4CCOCC4)cc3)C(=O)C12. The second-order valence-electron chi connectivity index (χ2n) is 7.26. The van der Waals surface area contributed by atoms with Crippen LogP contribution >= 0.6 is 0 Å². The Hall–Kier alpha value is -2.18. The molecule has 2 amide bonds. The van der Waals surface area contributed by atoms with Crippen molar-refractivity contribution in [3.8, 4) is 0 Å². The number of imide groups is 1. The van der Waals surface area contributed by atoms with E-state index in [9.17, 15) is 9.59 Å². The Bertz CT molecular complexity index is 768. The molecule has 3 fully saturated rings. The summed E-state index contributed by atoms with van der Waals surface area (Å²) in [6, 6.07) is 7.67. The van der Waals surface area contributed by atoms with Gasteiger partial charge in [0.1, 0.15) is 0 Å². The summed E-state index contributed by atoms with van der Waals surface area (Å²) in [4.78, 5) is 29.4. The van der Waals surface area contributed by atoms with Gasteiger partial charge in [0.05, 0.1) is 42.4 Å². The minimum atomic E-state index is -0.648. The van der Waals surface area contributed by atoms with Crippen LogP contribution in [0.4, 0.5) is 11.4 Å². The van der Waals surface area contributed by atoms with E-state index in [1.165, 1.54) is 4.90 Å². The van der Waals surface area contributed by atoms with E-state index in [-0.39, 0.29) is 23.8 Å². The number of fused-ring (bicyclic) bond motifs is 5. The van der Waals surface area contributed by atoms with Gasteiger partial charge in [-0.2, -0.15) is 0 Å². The van der Waals surface area contributed by atoms with Crippen LogP contribution < -0.4 is 9.80 Å². The molecule has 1 aromatic rings. The molecule has 25 heavy (non-hydrogen) atoms. The van der Waals surface area contributed by atoms with Gasteiger partial charge in [0, 0.05) is 18.8 Å². The molecular weight excluding hydrogens is 320 g/mol. The van der Waals surface area contributed by atoms with Crippen molar-refractivity contribution in [1.82, 2.24) is 0 Å². The predicted octanol–water partition coefficient (Wildman–Crippen LogP) is 1.36. The zero-order chi connectivity index (χ0) is 17.2. The number of ether oxygens (including phenoxy) is 2. The lowest BCUT2D eigenvalue weighted by Crippen LogP contribution is -2.38. The quantitative estimate of drug-likeness (QED) is 0.601. The molecule has 4 heterocycles. The number of hydrogen-bond donors (Lipinski definition) is 0. The van der Waals surface area contributed by atoms with E-state index >= 15 is 0 Å². The van der Waals surface area contributed by atoms with E-state index in [1.807, 2.05) is 43.3 Å². The van der Waals surface area contributed by atoms with Crippen molar-refractivity contribution in [2.24, 2.45) is 11.8 Å². The Kier molecular flexibility index (Phi) is 3.12. The standard InChI is InChI=1S/C19H20N2O4/c1-19-7-6-14(25-19)15-16(19)18(23)21(17(15)22)13-4-2-12(3-5-13)20-8-10-24-11-9-20/h2-7,14-16H,8-11H2,1H3. The number of amides is 2. The van der Waals surface area contributed by atoms with Gasteiger partial charge in [-0.3, -0.25) is 9.59 Å². The highest BCUT2D eigenvalue weighted by molar-refractivity contribution is 6.23. The summed E-state index contributed by atoms with van der Waals surface area (Å²) in [5.74, 6) is -1.09. The molecule has 0 N–H and O–H groups in total. The third-order valence-electron chi connectivity index (χ3n) is 5.81. The van der Waals surface area contributed by atoms with Gasteiger partial charge in [-0.05, 0) is 31.2 Å². The molecule has 6 nitrogen and oxygen atoms in total. The Morgan fingerprint density at radius 2 is 1.72 bits per heavy atom. The summed E-state index contributed by atoms with van der Waals surface area (Å²) in [5.41, 5.74) is 1.08. The number of anilines is 2. The number of carbonyl (C=O) groups excluding carboxylic acids is 2. The molecule has 6 heteroatoms. The van der Waals surface area contributed by atoms with Crippen molar-refractivity contribution < 1.29 is 19.1 Å². The lowest BCUT2D eigenvalue weighted by molar-refractivity contribution is -0.126. The minimum absolute atomic E-state index is 0.146. The van der Waals surface area contributed by atoms with Crippen LogP contribution in [0.3, 0.4) is 0 Å². The van der Waals surface area contributed by atoms with E-state index in [0.29, 0.717) is 5.69 Å². The monoisotopic (exact) mass is 340 g/mol. The molecule has 0 aromatic heterocycles. The molecule has 2 bridgehead atoms. The summed E-state index contributed by atoms with van der Waals surface area (Å²) >= 11 is 0. The van der Waals surface area contributed by atoms with Gasteiger partial charge in [-0.25, -0.2) is 4.90 Å². The molecule has 4 unspecified atom stereocenters. The number of rotatable bonds is 2. The van der Waals surface area contributed by atoms with Crippen LogP contribution in [-0.4, -0.2) is 49.8 Å². The number of nitrogens with zero attached hydrogens (tertiary/aromatic N) is 2. The van der Waals surface area contributed by atoms with Gasteiger partial charge in [0.2, 0.25) is 11.8 Å². The number of benzene rings is 1. The van der Waals surface area contributed by atoms with Crippen LogP contribution in [-0.2, 0) is 19.1 Å². The number of hydrogen-bond acceptors (Lipinski definition) is 5. The Labute approximate surface area is 146 Å². The molecule has 4 aliphatic rings. The second-order valence-corrected chi connectivity index (χ2v) is 7.26. The van der Waals surface area contributed by atoms with Crippen molar-refractivity contribution in [1.29, 1.82) is 0 Å². The van der Waals surface area contributed by atoms with Gasteiger partial charge in [0.15, 0.2) is 0 Å². The zero-order valence-corrected chi connectivity index (χ0v) is 14.1. The van der Waals surface area contributed by atoms with Crippen LogP contribution in [0.2, 0.25) is 0 Å². The third kappa shape index (κ3) is 2.04. The second kappa shape index (κ2) is 5.16. The fourth-order valence-electron chi connectivity index (χ4n) is 4.54. The summed E-state index contributed by atoms with van der Waals surface area (Å²) in [7, 11) is 0. The highest BCUT2D eigenvalue weighted by atomic mass is 16.5. The van der Waals surface area contributed by atoms with Crippen LogP contribution in [0.5, 0.6) is 0 Å². The van der Waals surface area contributed by atoms with Crippen LogP contribution in [0.15, 0.2) is 36.4 Å². The van der Waals surface area contributed by atoms with E-state index < -0.39 is 11.5 Å². The molecular formula is C19H20N2O4. The minimum Gasteiger partial charge on any atom is -0.378 e. The largest absolute Gasteiger partial charge is 0.378 e. The fraction of sp³-hybridized carbons (Fsp3) is 0.474. The van der Waals surface area contributed by atoms with Crippen molar-refractivity contribution in [2.75, 3.05) is 36.1 Å². The first kappa shape index (κ1) is 15.1. The summed E-state index contributed by atoms with van der Waals surface area (Å²) < 4.78 is 11.2. The van der Waals surface area contributed by atoms with Crippen LogP contribution in [0.25, 0.3) is 0 Å². The fourth-order valence-corrected chi connectivity index (χ4v) is 4.54. The molecule has 4 aliphatic heterocycles. The molecule has 3 saturated heterocycles. The molecule has 0 radical (unpaired) electrons. The van der Waals surface area contributed by atoms with Gasteiger partial charge in [-0.1, -0.05) is 12.2 Å². The first-order valence-electron chi connectivity index (χ1n) is 8.76. The van der Waals surface area contributed by atoms with Crippen LogP contribution in [0.1, 0.15) is 6.92 Å². The topological polar surface area (TPSA) is 59.1 Å². The average Bonchev–Trinajstić information content (AvgIpc) is 3.25. The van der Waals surface area contributed by atoms with Gasteiger partial charge >= 0.3 is 0 Å². The molecule has 0 aliphatic carbocycles. The normalized spacial score (nSPS) is 36.4. The van der Waals surface area contributed by atoms with E-state index in [0.717, 1.165) is 32.0 Å². The maximum Gasteiger partial charge on any atom is 0.241 e. The summed E-state index contributed by atoms with van der Waals surface area (Å²) in [6.45, 7) is 5.05. The van der Waals surface area contributed by atoms with Crippen LogP contribution in [0, 0.1) is 11.8 Å². The van der Waals surface area contributed by atoms with E-state index in [1.54, 1.807) is 0 Å². The maximum absolute atomic E-state index is 12.9. The van der Waals surface area contributed by atoms with Crippen molar-refractivity contribution in [2.45, 2.75) is 18.6 Å². The van der Waals surface area contributed by atoms with Crippen molar-refractivity contribution in [3.63, 3.8) is 0 Å². The average molecular weight is 340 g/mol. The highest BCUT2D eigenvalue weighted by Crippen LogP contribution is 2.52.